The molecule has 0 aliphatic carbocycles. The van der Waals surface area contributed by atoms with Gasteiger partial charge in [-0.15, -0.1) is 0 Å². The molecule has 0 radical (unpaired) electrons. The van der Waals surface area contributed by atoms with Crippen molar-refractivity contribution in [2.24, 2.45) is 13.0 Å². The van der Waals surface area contributed by atoms with Crippen molar-refractivity contribution in [2.75, 3.05) is 13.2 Å². The second-order valence-corrected chi connectivity index (χ2v) is 4.35. The number of aliphatic hydroxyl groups is 1. The molecule has 2 rings (SSSR count). The number of hydrogen-bond donors (Lipinski definition) is 1. The fourth-order valence-corrected chi connectivity index (χ4v) is 2.09. The van der Waals surface area contributed by atoms with Crippen LogP contribution in [-0.2, 0) is 18.2 Å². The number of nitrogens with zero attached hydrogens (tertiary/aromatic N) is 2. The molecule has 15 heavy (non-hydrogen) atoms. The highest BCUT2D eigenvalue weighted by Crippen LogP contribution is 2.19. The molecule has 1 aromatic rings. The highest BCUT2D eigenvalue weighted by Gasteiger charge is 2.19. The highest BCUT2D eigenvalue weighted by atomic mass is 16.5. The minimum atomic E-state index is -0.263. The SMILES string of the molecule is Cn1cc(CC(O)CC2CCOC2)cn1. The first-order chi connectivity index (χ1) is 7.24. The van der Waals surface area contributed by atoms with E-state index in [0.717, 1.165) is 31.6 Å². The third-order valence-corrected chi connectivity index (χ3v) is 2.86. The lowest BCUT2D eigenvalue weighted by atomic mass is 9.98. The Morgan fingerprint density at radius 1 is 1.73 bits per heavy atom. The van der Waals surface area contributed by atoms with Gasteiger partial charge in [-0.1, -0.05) is 0 Å². The zero-order valence-electron chi connectivity index (χ0n) is 9.09. The number of hydrogen-bond acceptors (Lipinski definition) is 3. The van der Waals surface area contributed by atoms with E-state index < -0.39 is 0 Å². The van der Waals surface area contributed by atoms with Gasteiger partial charge in [-0.3, -0.25) is 4.68 Å². The molecule has 1 N–H and O–H groups in total. The maximum absolute atomic E-state index is 9.88. The van der Waals surface area contributed by atoms with Gasteiger partial charge in [0.25, 0.3) is 0 Å². The summed E-state index contributed by atoms with van der Waals surface area (Å²) in [5, 5.41) is 14.0. The molecule has 0 aromatic carbocycles. The Bertz CT molecular complexity index is 305. The number of aromatic nitrogens is 2. The molecular weight excluding hydrogens is 192 g/mol. The molecule has 1 aromatic heterocycles. The predicted molar refractivity (Wildman–Crippen MR) is 56.5 cm³/mol. The Morgan fingerprint density at radius 2 is 2.60 bits per heavy atom. The van der Waals surface area contributed by atoms with Gasteiger partial charge in [0.05, 0.1) is 12.3 Å². The van der Waals surface area contributed by atoms with Crippen molar-refractivity contribution in [3.05, 3.63) is 18.0 Å². The van der Waals surface area contributed by atoms with Crippen LogP contribution >= 0.6 is 0 Å². The van der Waals surface area contributed by atoms with Crippen LogP contribution in [0, 0.1) is 5.92 Å². The van der Waals surface area contributed by atoms with E-state index in [2.05, 4.69) is 5.10 Å². The fourth-order valence-electron chi connectivity index (χ4n) is 2.09. The van der Waals surface area contributed by atoms with Gasteiger partial charge in [0.15, 0.2) is 0 Å². The standard InChI is InChI=1S/C11H18N2O2/c1-13-7-10(6-12-13)5-11(14)4-9-2-3-15-8-9/h6-7,9,11,14H,2-5,8H2,1H3. The molecule has 2 atom stereocenters. The molecule has 0 amide bonds. The number of ether oxygens (including phenoxy) is 1. The molecule has 1 aliphatic rings. The zero-order chi connectivity index (χ0) is 10.7. The summed E-state index contributed by atoms with van der Waals surface area (Å²) in [5.41, 5.74) is 1.10. The Labute approximate surface area is 89.9 Å². The Balaban J connectivity index is 1.78. The van der Waals surface area contributed by atoms with Crippen molar-refractivity contribution in [3.8, 4) is 0 Å². The van der Waals surface area contributed by atoms with Gasteiger partial charge in [-0.05, 0) is 24.3 Å². The molecule has 4 heteroatoms. The summed E-state index contributed by atoms with van der Waals surface area (Å²) >= 11 is 0. The molecule has 4 nitrogen and oxygen atoms in total. The van der Waals surface area contributed by atoms with E-state index >= 15 is 0 Å². The topological polar surface area (TPSA) is 47.3 Å². The van der Waals surface area contributed by atoms with Gasteiger partial charge in [0.1, 0.15) is 0 Å². The van der Waals surface area contributed by atoms with Crippen LogP contribution in [0.5, 0.6) is 0 Å². The lowest BCUT2D eigenvalue weighted by Gasteiger charge is -2.13. The third-order valence-electron chi connectivity index (χ3n) is 2.86. The maximum atomic E-state index is 9.88. The minimum absolute atomic E-state index is 0.263. The molecule has 1 saturated heterocycles. The molecule has 1 fully saturated rings. The number of aryl methyl sites for hydroxylation is 1. The summed E-state index contributed by atoms with van der Waals surface area (Å²) in [7, 11) is 1.89. The summed E-state index contributed by atoms with van der Waals surface area (Å²) in [6.07, 6.45) is 6.13. The summed E-state index contributed by atoms with van der Waals surface area (Å²) in [6, 6.07) is 0. The van der Waals surface area contributed by atoms with Crippen molar-refractivity contribution in [1.29, 1.82) is 0 Å². The van der Waals surface area contributed by atoms with Crippen LogP contribution < -0.4 is 0 Å². The van der Waals surface area contributed by atoms with E-state index in [-0.39, 0.29) is 6.10 Å². The Morgan fingerprint density at radius 3 is 3.20 bits per heavy atom. The molecule has 1 aliphatic heterocycles. The first kappa shape index (κ1) is 10.6. The van der Waals surface area contributed by atoms with Crippen molar-refractivity contribution in [1.82, 2.24) is 9.78 Å². The van der Waals surface area contributed by atoms with Gasteiger partial charge in [0, 0.05) is 32.9 Å². The maximum Gasteiger partial charge on any atom is 0.0585 e. The van der Waals surface area contributed by atoms with Crippen LogP contribution in [0.15, 0.2) is 12.4 Å². The molecule has 0 spiro atoms. The van der Waals surface area contributed by atoms with Crippen molar-refractivity contribution >= 4 is 0 Å². The monoisotopic (exact) mass is 210 g/mol. The minimum Gasteiger partial charge on any atom is -0.393 e. The zero-order valence-corrected chi connectivity index (χ0v) is 9.09. The second kappa shape index (κ2) is 4.77. The summed E-state index contributed by atoms with van der Waals surface area (Å²) in [4.78, 5) is 0. The van der Waals surface area contributed by atoms with Crippen LogP contribution in [0.1, 0.15) is 18.4 Å². The first-order valence-electron chi connectivity index (χ1n) is 5.47. The second-order valence-electron chi connectivity index (χ2n) is 4.35. The quantitative estimate of drug-likeness (QED) is 0.797. The summed E-state index contributed by atoms with van der Waals surface area (Å²) in [6.45, 7) is 1.66. The van der Waals surface area contributed by atoms with Gasteiger partial charge < -0.3 is 9.84 Å². The normalized spacial score (nSPS) is 23.2. The van der Waals surface area contributed by atoms with Crippen molar-refractivity contribution in [3.63, 3.8) is 0 Å². The molecular formula is C11H18N2O2. The molecule has 0 saturated carbocycles. The highest BCUT2D eigenvalue weighted by molar-refractivity contribution is 5.05. The smallest absolute Gasteiger partial charge is 0.0585 e. The van der Waals surface area contributed by atoms with Crippen molar-refractivity contribution < 1.29 is 9.84 Å². The van der Waals surface area contributed by atoms with Gasteiger partial charge >= 0.3 is 0 Å². The Kier molecular flexibility index (Phi) is 3.38. The largest absolute Gasteiger partial charge is 0.393 e. The van der Waals surface area contributed by atoms with Crippen LogP contribution in [0.4, 0.5) is 0 Å². The molecule has 0 bridgehead atoms. The summed E-state index contributed by atoms with van der Waals surface area (Å²) < 4.78 is 7.05. The number of aliphatic hydroxyl groups excluding tert-OH is 1. The van der Waals surface area contributed by atoms with Gasteiger partial charge in [-0.25, -0.2) is 0 Å². The summed E-state index contributed by atoms with van der Waals surface area (Å²) in [5.74, 6) is 0.539. The van der Waals surface area contributed by atoms with Gasteiger partial charge in [0.2, 0.25) is 0 Å². The van der Waals surface area contributed by atoms with Crippen LogP contribution in [0.3, 0.4) is 0 Å². The lowest BCUT2D eigenvalue weighted by molar-refractivity contribution is 0.128. The predicted octanol–water partition coefficient (Wildman–Crippen LogP) is 0.750. The van der Waals surface area contributed by atoms with E-state index in [1.54, 1.807) is 4.68 Å². The third kappa shape index (κ3) is 3.04. The molecule has 84 valence electrons. The molecule has 2 heterocycles. The van der Waals surface area contributed by atoms with E-state index in [0.29, 0.717) is 12.3 Å². The van der Waals surface area contributed by atoms with Crippen LogP contribution in [0.2, 0.25) is 0 Å². The fraction of sp³-hybridized carbons (Fsp3) is 0.727. The lowest BCUT2D eigenvalue weighted by Crippen LogP contribution is -2.16. The van der Waals surface area contributed by atoms with E-state index in [1.807, 2.05) is 19.4 Å². The average molecular weight is 210 g/mol. The van der Waals surface area contributed by atoms with E-state index in [9.17, 15) is 5.11 Å². The van der Waals surface area contributed by atoms with Crippen LogP contribution in [0.25, 0.3) is 0 Å². The Hall–Kier alpha value is -0.870. The van der Waals surface area contributed by atoms with Crippen molar-refractivity contribution in [2.45, 2.75) is 25.4 Å². The number of rotatable bonds is 4. The van der Waals surface area contributed by atoms with E-state index in [4.69, 9.17) is 4.74 Å². The average Bonchev–Trinajstić information content (AvgIpc) is 2.77. The van der Waals surface area contributed by atoms with Crippen LogP contribution in [-0.4, -0.2) is 34.2 Å². The van der Waals surface area contributed by atoms with Gasteiger partial charge in [-0.2, -0.15) is 5.10 Å². The molecule has 2 unspecified atom stereocenters. The van der Waals surface area contributed by atoms with E-state index in [1.165, 1.54) is 0 Å². The first-order valence-corrected chi connectivity index (χ1v) is 5.47.